The summed E-state index contributed by atoms with van der Waals surface area (Å²) in [5.74, 6) is 0.506. The Kier molecular flexibility index (Phi) is 3.81. The molecule has 0 unspecified atom stereocenters. The van der Waals surface area contributed by atoms with E-state index in [9.17, 15) is 4.79 Å². The van der Waals surface area contributed by atoms with Crippen LogP contribution in [0.5, 0.6) is 0 Å². The Bertz CT molecular complexity index is 739. The molecule has 3 rings (SSSR count). The van der Waals surface area contributed by atoms with Gasteiger partial charge in [-0.05, 0) is 30.5 Å². The van der Waals surface area contributed by atoms with E-state index in [4.69, 9.17) is 0 Å². The van der Waals surface area contributed by atoms with E-state index in [0.29, 0.717) is 17.9 Å². The molecule has 0 aliphatic rings. The fourth-order valence-electron chi connectivity index (χ4n) is 1.99. The Labute approximate surface area is 121 Å². The van der Waals surface area contributed by atoms with Crippen LogP contribution in [0.3, 0.4) is 0 Å². The molecule has 0 aliphatic carbocycles. The molecule has 0 saturated heterocycles. The van der Waals surface area contributed by atoms with Crippen LogP contribution in [0.1, 0.15) is 22.3 Å². The molecule has 0 bridgehead atoms. The van der Waals surface area contributed by atoms with Gasteiger partial charge in [-0.15, -0.1) is 0 Å². The number of nitrogens with one attached hydrogen (secondary N) is 1. The fourth-order valence-corrected chi connectivity index (χ4v) is 1.99. The highest BCUT2D eigenvalue weighted by atomic mass is 16.1. The van der Waals surface area contributed by atoms with E-state index in [1.807, 2.05) is 6.20 Å². The van der Waals surface area contributed by atoms with Crippen LogP contribution >= 0.6 is 0 Å². The van der Waals surface area contributed by atoms with E-state index in [2.05, 4.69) is 25.4 Å². The number of carbonyl (C=O) groups is 1. The maximum absolute atomic E-state index is 11.8. The highest BCUT2D eigenvalue weighted by molar-refractivity contribution is 5.93. The number of carbonyl (C=O) groups excluding carboxylic acids is 1. The molecule has 7 heteroatoms. The second kappa shape index (κ2) is 6.08. The van der Waals surface area contributed by atoms with Crippen molar-refractivity contribution in [1.29, 1.82) is 0 Å². The summed E-state index contributed by atoms with van der Waals surface area (Å²) in [6.07, 6.45) is 10.0. The highest BCUT2D eigenvalue weighted by Gasteiger charge is 2.04. The largest absolute Gasteiger partial charge is 0.352 e. The summed E-state index contributed by atoms with van der Waals surface area (Å²) in [4.78, 5) is 23.9. The molecule has 0 radical (unpaired) electrons. The van der Waals surface area contributed by atoms with Crippen molar-refractivity contribution in [3.63, 3.8) is 0 Å². The SMILES string of the molecule is O=C(NCCCc1cnc2ncnn2c1)c1ccncc1. The number of aryl methyl sites for hydroxylation is 1. The molecule has 0 aromatic carbocycles. The van der Waals surface area contributed by atoms with Crippen molar-refractivity contribution < 1.29 is 4.79 Å². The van der Waals surface area contributed by atoms with Gasteiger partial charge in [0, 0.05) is 36.9 Å². The van der Waals surface area contributed by atoms with E-state index in [1.165, 1.54) is 6.33 Å². The predicted molar refractivity (Wildman–Crippen MR) is 75.7 cm³/mol. The number of hydrogen-bond donors (Lipinski definition) is 1. The highest BCUT2D eigenvalue weighted by Crippen LogP contribution is 2.02. The first-order chi connectivity index (χ1) is 10.3. The number of aromatic nitrogens is 5. The molecule has 7 nitrogen and oxygen atoms in total. The molecule has 1 amide bonds. The molecule has 106 valence electrons. The van der Waals surface area contributed by atoms with Gasteiger partial charge in [-0.3, -0.25) is 9.78 Å². The molecule has 1 N–H and O–H groups in total. The molecule has 3 aromatic heterocycles. The van der Waals surface area contributed by atoms with Crippen molar-refractivity contribution in [3.05, 3.63) is 54.4 Å². The number of rotatable bonds is 5. The summed E-state index contributed by atoms with van der Waals surface area (Å²) >= 11 is 0. The van der Waals surface area contributed by atoms with E-state index < -0.39 is 0 Å². The molecule has 0 fully saturated rings. The summed E-state index contributed by atoms with van der Waals surface area (Å²) in [5, 5.41) is 6.92. The summed E-state index contributed by atoms with van der Waals surface area (Å²) < 4.78 is 1.64. The fraction of sp³-hybridized carbons (Fsp3) is 0.214. The molecule has 3 aromatic rings. The normalized spacial score (nSPS) is 10.7. The van der Waals surface area contributed by atoms with Crippen molar-refractivity contribution in [3.8, 4) is 0 Å². The average molecular weight is 282 g/mol. The van der Waals surface area contributed by atoms with Crippen molar-refractivity contribution in [2.75, 3.05) is 6.54 Å². The first-order valence-corrected chi connectivity index (χ1v) is 6.65. The van der Waals surface area contributed by atoms with E-state index in [0.717, 1.165) is 18.4 Å². The third-order valence-electron chi connectivity index (χ3n) is 3.06. The Morgan fingerprint density at radius 1 is 1.24 bits per heavy atom. The van der Waals surface area contributed by atoms with Gasteiger partial charge in [-0.1, -0.05) is 0 Å². The number of fused-ring (bicyclic) bond motifs is 1. The van der Waals surface area contributed by atoms with Gasteiger partial charge in [0.15, 0.2) is 0 Å². The number of amides is 1. The van der Waals surface area contributed by atoms with Crippen LogP contribution in [0.2, 0.25) is 0 Å². The van der Waals surface area contributed by atoms with Crippen LogP contribution in [-0.2, 0) is 6.42 Å². The number of pyridine rings is 1. The smallest absolute Gasteiger partial charge is 0.252 e. The first kappa shape index (κ1) is 13.2. The Morgan fingerprint density at radius 2 is 2.10 bits per heavy atom. The third kappa shape index (κ3) is 3.19. The van der Waals surface area contributed by atoms with Crippen LogP contribution in [0.25, 0.3) is 5.78 Å². The molecule has 0 saturated carbocycles. The van der Waals surface area contributed by atoms with Crippen molar-refractivity contribution >= 4 is 11.7 Å². The van der Waals surface area contributed by atoms with Gasteiger partial charge in [-0.2, -0.15) is 10.1 Å². The third-order valence-corrected chi connectivity index (χ3v) is 3.06. The number of hydrogen-bond acceptors (Lipinski definition) is 5. The van der Waals surface area contributed by atoms with Crippen LogP contribution in [0, 0.1) is 0 Å². The minimum Gasteiger partial charge on any atom is -0.352 e. The standard InChI is InChI=1S/C14H14N6O/c21-13(12-3-6-15-7-4-12)16-5-1-2-11-8-17-14-18-10-19-20(14)9-11/h3-4,6-10H,1-2,5H2,(H,16,21). The molecular formula is C14H14N6O. The van der Waals surface area contributed by atoms with Gasteiger partial charge in [0.1, 0.15) is 6.33 Å². The van der Waals surface area contributed by atoms with Gasteiger partial charge in [0.05, 0.1) is 0 Å². The zero-order valence-corrected chi connectivity index (χ0v) is 11.3. The Balaban J connectivity index is 1.49. The molecule has 0 aliphatic heterocycles. The van der Waals surface area contributed by atoms with E-state index >= 15 is 0 Å². The summed E-state index contributed by atoms with van der Waals surface area (Å²) in [6, 6.07) is 3.38. The first-order valence-electron chi connectivity index (χ1n) is 6.65. The van der Waals surface area contributed by atoms with E-state index in [-0.39, 0.29) is 5.91 Å². The van der Waals surface area contributed by atoms with Gasteiger partial charge in [-0.25, -0.2) is 9.50 Å². The quantitative estimate of drug-likeness (QED) is 0.702. The summed E-state index contributed by atoms with van der Waals surface area (Å²) in [7, 11) is 0. The predicted octanol–water partition coefficient (Wildman–Crippen LogP) is 0.882. The molecule has 21 heavy (non-hydrogen) atoms. The van der Waals surface area contributed by atoms with Crippen molar-refractivity contribution in [2.24, 2.45) is 0 Å². The van der Waals surface area contributed by atoms with Gasteiger partial charge < -0.3 is 5.32 Å². The van der Waals surface area contributed by atoms with Gasteiger partial charge in [0.2, 0.25) is 0 Å². The van der Waals surface area contributed by atoms with Crippen molar-refractivity contribution in [2.45, 2.75) is 12.8 Å². The minimum absolute atomic E-state index is 0.0812. The minimum atomic E-state index is -0.0812. The number of nitrogens with zero attached hydrogens (tertiary/aromatic N) is 5. The van der Waals surface area contributed by atoms with E-state index in [1.54, 1.807) is 35.2 Å². The second-order valence-corrected chi connectivity index (χ2v) is 4.56. The maximum atomic E-state index is 11.8. The zero-order valence-electron chi connectivity index (χ0n) is 11.3. The lowest BCUT2D eigenvalue weighted by Gasteiger charge is -2.05. The Hall–Kier alpha value is -2.83. The van der Waals surface area contributed by atoms with Crippen LogP contribution in [0.15, 0.2) is 43.2 Å². The van der Waals surface area contributed by atoms with Crippen LogP contribution in [0.4, 0.5) is 0 Å². The van der Waals surface area contributed by atoms with Gasteiger partial charge >= 0.3 is 0 Å². The maximum Gasteiger partial charge on any atom is 0.252 e. The lowest BCUT2D eigenvalue weighted by molar-refractivity contribution is 0.0953. The zero-order chi connectivity index (χ0) is 14.5. The molecule has 3 heterocycles. The second-order valence-electron chi connectivity index (χ2n) is 4.56. The monoisotopic (exact) mass is 282 g/mol. The van der Waals surface area contributed by atoms with Crippen LogP contribution in [-0.4, -0.2) is 37.0 Å². The lowest BCUT2D eigenvalue weighted by Crippen LogP contribution is -2.24. The molecule has 0 atom stereocenters. The molecular weight excluding hydrogens is 268 g/mol. The molecule has 0 spiro atoms. The van der Waals surface area contributed by atoms with Crippen LogP contribution < -0.4 is 5.32 Å². The summed E-state index contributed by atoms with van der Waals surface area (Å²) in [5.41, 5.74) is 1.68. The van der Waals surface area contributed by atoms with Gasteiger partial charge in [0.25, 0.3) is 11.7 Å². The summed E-state index contributed by atoms with van der Waals surface area (Å²) in [6.45, 7) is 0.608. The lowest BCUT2D eigenvalue weighted by atomic mass is 10.2. The van der Waals surface area contributed by atoms with Crippen molar-refractivity contribution in [1.82, 2.24) is 29.9 Å². The topological polar surface area (TPSA) is 85.1 Å². The Morgan fingerprint density at radius 3 is 2.95 bits per heavy atom. The average Bonchev–Trinajstić information content (AvgIpc) is 3.00.